The van der Waals surface area contributed by atoms with Crippen LogP contribution in [0.15, 0.2) is 24.3 Å². The van der Waals surface area contributed by atoms with Gasteiger partial charge in [-0.25, -0.2) is 4.57 Å². The maximum Gasteiger partial charge on any atom is 0.472 e. The van der Waals surface area contributed by atoms with Crippen LogP contribution in [-0.2, 0) is 61.2 Å². The molecule has 2 heterocycles. The summed E-state index contributed by atoms with van der Waals surface area (Å²) in [7, 11) is -5.70. The summed E-state index contributed by atoms with van der Waals surface area (Å²) in [5.41, 5.74) is 0. The largest absolute Gasteiger partial charge is 0.472 e. The molecule has 18 unspecified atom stereocenters. The average Bonchev–Trinajstić information content (AvgIpc) is 0.763. The monoisotopic (exact) mass is 1440 g/mol. The molecule has 2 saturated heterocycles. The quantitative estimate of drug-likeness (QED) is 0.00886. The van der Waals surface area contributed by atoms with Gasteiger partial charge in [-0.3, -0.25) is 23.4 Å². The smallest absolute Gasteiger partial charge is 0.463 e. The predicted octanol–water partition coefficient (Wildman–Crippen LogP) is 10.9. The molecule has 0 spiro atoms. The first-order chi connectivity index (χ1) is 47.8. The zero-order valence-electron chi connectivity index (χ0n) is 60.5. The first-order valence-electron chi connectivity index (χ1n) is 38.6. The zero-order valence-corrected chi connectivity index (χ0v) is 61.4. The highest BCUT2D eigenvalue weighted by atomic mass is 31.2. The van der Waals surface area contributed by atoms with Crippen LogP contribution in [0.4, 0.5) is 0 Å². The maximum absolute atomic E-state index is 14.3. The van der Waals surface area contributed by atoms with Crippen molar-refractivity contribution in [2.75, 3.05) is 26.4 Å². The molecule has 25 heteroatoms. The lowest BCUT2D eigenvalue weighted by Gasteiger charge is -2.49. The lowest BCUT2D eigenvalue weighted by Crippen LogP contribution is -2.69. The predicted molar refractivity (Wildman–Crippen MR) is 374 cm³/mol. The van der Waals surface area contributed by atoms with Crippen LogP contribution < -0.4 is 0 Å². The van der Waals surface area contributed by atoms with E-state index in [9.17, 15) is 74.9 Å². The number of phosphoric ester groups is 1. The molecule has 3 rings (SSSR count). The Bertz CT molecular complexity index is 2140. The van der Waals surface area contributed by atoms with Crippen LogP contribution >= 0.6 is 7.82 Å². The third kappa shape index (κ3) is 38.9. The van der Waals surface area contributed by atoms with E-state index in [1.165, 1.54) is 103 Å². The van der Waals surface area contributed by atoms with Crippen molar-refractivity contribution in [3.8, 4) is 0 Å². The molecule has 11 N–H and O–H groups in total. The minimum absolute atomic E-state index is 0.0312. The summed E-state index contributed by atoms with van der Waals surface area (Å²) in [5, 5.41) is 110. The molecule has 99 heavy (non-hydrogen) atoms. The molecule has 0 aromatic rings. The molecule has 1 saturated carbocycles. The molecule has 24 nitrogen and oxygen atoms in total. The minimum atomic E-state index is -5.70. The van der Waals surface area contributed by atoms with Gasteiger partial charge in [0.1, 0.15) is 98.7 Å². The molecule has 0 radical (unpaired) electrons. The van der Waals surface area contributed by atoms with E-state index >= 15 is 0 Å². The molecule has 18 atom stereocenters. The zero-order chi connectivity index (χ0) is 72.5. The molecular formula is C74H135O24P. The molecule has 580 valence electrons. The number of esters is 3. The van der Waals surface area contributed by atoms with Crippen molar-refractivity contribution >= 4 is 25.7 Å². The standard InChI is InChI=1S/C74H135O24P/c1-4-7-10-13-16-19-22-25-28-31-34-36-39-42-45-48-58(76)90-52-55(93-60(78)50-47-44-41-38-35-32-29-26-23-20-17-14-11-8-5-2)53-92-99(88,89)98-72-70(96-73-68(86)63(81)61(79)56(51-75)94-73)66(84)65(83)67(85)71(72)97-74-69(87)64(82)62(80)57(95-74)54-91-59(77)49-46-43-40-37-33-30-27-24-21-18-15-12-9-6-3/h19-20,22-23,55-57,61-75,79-87H,4-18,21,24-54H2,1-3H3,(H,88,89)/b22-19-,23-20-. The van der Waals surface area contributed by atoms with Gasteiger partial charge in [0.05, 0.1) is 13.2 Å². The van der Waals surface area contributed by atoms with Crippen molar-refractivity contribution in [1.82, 2.24) is 0 Å². The third-order valence-electron chi connectivity index (χ3n) is 19.0. The van der Waals surface area contributed by atoms with Gasteiger partial charge in [-0.15, -0.1) is 0 Å². The summed E-state index contributed by atoms with van der Waals surface area (Å²) in [6, 6.07) is 0. The summed E-state index contributed by atoms with van der Waals surface area (Å²) < 4.78 is 65.1. The lowest BCUT2D eigenvalue weighted by atomic mass is 9.84. The highest BCUT2D eigenvalue weighted by molar-refractivity contribution is 7.47. The Morgan fingerprint density at radius 1 is 0.384 bits per heavy atom. The number of ether oxygens (including phenoxy) is 7. The van der Waals surface area contributed by atoms with Gasteiger partial charge in [-0.1, -0.05) is 231 Å². The summed E-state index contributed by atoms with van der Waals surface area (Å²) in [4.78, 5) is 51.0. The van der Waals surface area contributed by atoms with Crippen LogP contribution in [0.25, 0.3) is 0 Å². The molecule has 1 aliphatic carbocycles. The van der Waals surface area contributed by atoms with Crippen molar-refractivity contribution in [2.24, 2.45) is 0 Å². The van der Waals surface area contributed by atoms with Crippen molar-refractivity contribution < 1.29 is 117 Å². The van der Waals surface area contributed by atoms with Gasteiger partial charge in [-0.05, 0) is 70.6 Å². The number of carbonyl (C=O) groups excluding carboxylic acids is 3. The van der Waals surface area contributed by atoms with Crippen molar-refractivity contribution in [3.05, 3.63) is 24.3 Å². The van der Waals surface area contributed by atoms with E-state index in [1.54, 1.807) is 0 Å². The van der Waals surface area contributed by atoms with Crippen molar-refractivity contribution in [1.29, 1.82) is 0 Å². The Morgan fingerprint density at radius 3 is 1.10 bits per heavy atom. The van der Waals surface area contributed by atoms with Crippen molar-refractivity contribution in [2.45, 2.75) is 401 Å². The summed E-state index contributed by atoms with van der Waals surface area (Å²) >= 11 is 0. The Balaban J connectivity index is 1.73. The Hall–Kier alpha value is -2.56. The van der Waals surface area contributed by atoms with Crippen LogP contribution in [0.3, 0.4) is 0 Å². The minimum Gasteiger partial charge on any atom is -0.463 e. The Labute approximate surface area is 592 Å². The SMILES string of the molecule is CCCCCC/C=C\CCCCCCCCCC(=O)OCC(COP(=O)(O)OC1C(OC2OC(CO)C(O)C(O)C2O)C(O)C(O)C(O)C1OC1OC(COC(=O)CCCCCCCCCCCCCCCC)C(O)C(O)C1O)OC(=O)CCCCCCCCC/C=C\CCCCCC. The number of rotatable bonds is 60. The van der Waals surface area contributed by atoms with E-state index in [-0.39, 0.29) is 19.3 Å². The van der Waals surface area contributed by atoms with Crippen molar-refractivity contribution in [3.63, 3.8) is 0 Å². The number of aliphatic hydroxyl groups excluding tert-OH is 10. The van der Waals surface area contributed by atoms with Gasteiger partial charge in [0.2, 0.25) is 0 Å². The van der Waals surface area contributed by atoms with Crippen LogP contribution in [-0.4, -0.2) is 204 Å². The molecule has 0 aromatic carbocycles. The lowest BCUT2D eigenvalue weighted by molar-refractivity contribution is -0.360. The van der Waals surface area contributed by atoms with E-state index in [0.29, 0.717) is 19.3 Å². The first-order valence-corrected chi connectivity index (χ1v) is 40.1. The topological polar surface area (TPSA) is 374 Å². The molecule has 2 aliphatic heterocycles. The second-order valence-corrected chi connectivity index (χ2v) is 29.1. The maximum atomic E-state index is 14.3. The molecule has 0 aromatic heterocycles. The highest BCUT2D eigenvalue weighted by Gasteiger charge is 2.58. The van der Waals surface area contributed by atoms with E-state index in [0.717, 1.165) is 135 Å². The molecule has 3 aliphatic rings. The molecule has 0 amide bonds. The summed E-state index contributed by atoms with van der Waals surface area (Å²) in [6.07, 6.45) is 16.6. The number of unbranched alkanes of at least 4 members (excludes halogenated alkanes) is 35. The van der Waals surface area contributed by atoms with E-state index in [4.69, 9.17) is 42.2 Å². The second kappa shape index (κ2) is 55.9. The Kier molecular flexibility index (Phi) is 51.2. The van der Waals surface area contributed by atoms with Gasteiger partial charge in [0.25, 0.3) is 0 Å². The fourth-order valence-corrected chi connectivity index (χ4v) is 13.6. The summed E-state index contributed by atoms with van der Waals surface area (Å²) in [6.45, 7) is 3.43. The fourth-order valence-electron chi connectivity index (χ4n) is 12.6. The van der Waals surface area contributed by atoms with Crippen LogP contribution in [0.5, 0.6) is 0 Å². The summed E-state index contributed by atoms with van der Waals surface area (Å²) in [5.74, 6) is -1.99. The molecule has 3 fully saturated rings. The number of hydrogen-bond donors (Lipinski definition) is 11. The second-order valence-electron chi connectivity index (χ2n) is 27.7. The van der Waals surface area contributed by atoms with E-state index < -0.39 is 156 Å². The van der Waals surface area contributed by atoms with Crippen LogP contribution in [0.1, 0.15) is 297 Å². The van der Waals surface area contributed by atoms with Gasteiger partial charge < -0.3 is 89.1 Å². The third-order valence-corrected chi connectivity index (χ3v) is 19.9. The number of phosphoric acid groups is 1. The van der Waals surface area contributed by atoms with E-state index in [2.05, 4.69) is 45.1 Å². The van der Waals surface area contributed by atoms with Gasteiger partial charge >= 0.3 is 25.7 Å². The average molecular weight is 1440 g/mol. The Morgan fingerprint density at radius 2 is 0.707 bits per heavy atom. The van der Waals surface area contributed by atoms with Gasteiger partial charge in [0, 0.05) is 19.3 Å². The number of hydrogen-bond acceptors (Lipinski definition) is 23. The first kappa shape index (κ1) is 90.7. The fraction of sp³-hybridized carbons (Fsp3) is 0.905. The molecule has 0 bridgehead atoms. The highest BCUT2D eigenvalue weighted by Crippen LogP contribution is 2.49. The van der Waals surface area contributed by atoms with E-state index in [1.807, 2.05) is 0 Å². The van der Waals surface area contributed by atoms with Gasteiger partial charge in [-0.2, -0.15) is 0 Å². The van der Waals surface area contributed by atoms with Crippen LogP contribution in [0.2, 0.25) is 0 Å². The number of allylic oxidation sites excluding steroid dienone is 4. The number of carbonyl (C=O) groups is 3. The number of aliphatic hydroxyl groups is 10. The molecular weight excluding hydrogens is 1300 g/mol. The normalized spacial score (nSPS) is 27.6. The van der Waals surface area contributed by atoms with Crippen LogP contribution in [0, 0.1) is 0 Å². The van der Waals surface area contributed by atoms with Gasteiger partial charge in [0.15, 0.2) is 18.7 Å².